The van der Waals surface area contributed by atoms with Gasteiger partial charge in [0.1, 0.15) is 5.78 Å². The summed E-state index contributed by atoms with van der Waals surface area (Å²) in [6.07, 6.45) is 1.40. The number of thioether (sulfide) groups is 1. The quantitative estimate of drug-likeness (QED) is 0.569. The van der Waals surface area contributed by atoms with Crippen LogP contribution >= 0.6 is 27.7 Å². The van der Waals surface area contributed by atoms with Gasteiger partial charge < -0.3 is 0 Å². The maximum atomic E-state index is 11.6. The SMILES string of the molecule is C=C(C)CCC(=O)CSc1ccccc1Br. The lowest BCUT2D eigenvalue weighted by molar-refractivity contribution is -0.116. The molecule has 0 aliphatic rings. The Hall–Kier alpha value is -0.540. The number of Topliss-reactive ketones (excluding diaryl/α,β-unsaturated/α-hetero) is 1. The molecule has 0 aromatic heterocycles. The van der Waals surface area contributed by atoms with E-state index in [1.807, 2.05) is 31.2 Å². The van der Waals surface area contributed by atoms with E-state index in [1.54, 1.807) is 11.8 Å². The van der Waals surface area contributed by atoms with Gasteiger partial charge in [-0.3, -0.25) is 4.79 Å². The van der Waals surface area contributed by atoms with Crippen molar-refractivity contribution in [2.24, 2.45) is 0 Å². The Balaban J connectivity index is 2.37. The summed E-state index contributed by atoms with van der Waals surface area (Å²) in [5, 5.41) is 0. The average molecular weight is 299 g/mol. The van der Waals surface area contributed by atoms with Crippen LogP contribution in [-0.4, -0.2) is 11.5 Å². The molecule has 0 N–H and O–H groups in total. The monoisotopic (exact) mass is 298 g/mol. The van der Waals surface area contributed by atoms with Crippen LogP contribution in [-0.2, 0) is 4.79 Å². The first-order valence-electron chi connectivity index (χ1n) is 5.13. The zero-order valence-electron chi connectivity index (χ0n) is 9.33. The van der Waals surface area contributed by atoms with Crippen molar-refractivity contribution < 1.29 is 4.79 Å². The first-order valence-corrected chi connectivity index (χ1v) is 6.91. The standard InChI is InChI=1S/C13H15BrOS/c1-10(2)7-8-11(15)9-16-13-6-4-3-5-12(13)14/h3-6H,1,7-9H2,2H3. The van der Waals surface area contributed by atoms with Gasteiger partial charge in [-0.1, -0.05) is 17.7 Å². The van der Waals surface area contributed by atoms with Crippen LogP contribution in [0.25, 0.3) is 0 Å². The third-order valence-electron chi connectivity index (χ3n) is 2.06. The van der Waals surface area contributed by atoms with Gasteiger partial charge in [0.25, 0.3) is 0 Å². The van der Waals surface area contributed by atoms with Gasteiger partial charge in [-0.2, -0.15) is 0 Å². The minimum absolute atomic E-state index is 0.281. The third-order valence-corrected chi connectivity index (χ3v) is 4.14. The molecule has 0 radical (unpaired) electrons. The molecule has 16 heavy (non-hydrogen) atoms. The van der Waals surface area contributed by atoms with Crippen molar-refractivity contribution in [3.8, 4) is 0 Å². The minimum Gasteiger partial charge on any atom is -0.299 e. The molecule has 0 heterocycles. The second-order valence-electron chi connectivity index (χ2n) is 3.71. The summed E-state index contributed by atoms with van der Waals surface area (Å²) < 4.78 is 1.05. The molecule has 0 bridgehead atoms. The van der Waals surface area contributed by atoms with Gasteiger partial charge in [0.05, 0.1) is 5.75 Å². The minimum atomic E-state index is 0.281. The van der Waals surface area contributed by atoms with Crippen LogP contribution in [0.3, 0.4) is 0 Å². The van der Waals surface area contributed by atoms with E-state index in [1.165, 1.54) is 0 Å². The van der Waals surface area contributed by atoms with Gasteiger partial charge >= 0.3 is 0 Å². The highest BCUT2D eigenvalue weighted by atomic mass is 79.9. The highest BCUT2D eigenvalue weighted by molar-refractivity contribution is 9.10. The molecule has 1 nitrogen and oxygen atoms in total. The molecular weight excluding hydrogens is 284 g/mol. The lowest BCUT2D eigenvalue weighted by Crippen LogP contribution is -2.01. The molecule has 0 aliphatic carbocycles. The van der Waals surface area contributed by atoms with Crippen LogP contribution in [0.1, 0.15) is 19.8 Å². The van der Waals surface area contributed by atoms with Crippen molar-refractivity contribution in [3.63, 3.8) is 0 Å². The Morgan fingerprint density at radius 1 is 1.38 bits per heavy atom. The van der Waals surface area contributed by atoms with Gasteiger partial charge in [-0.25, -0.2) is 0 Å². The zero-order chi connectivity index (χ0) is 12.0. The second kappa shape index (κ2) is 6.92. The summed E-state index contributed by atoms with van der Waals surface area (Å²) in [6.45, 7) is 5.75. The summed E-state index contributed by atoms with van der Waals surface area (Å²) >= 11 is 5.04. The van der Waals surface area contributed by atoms with E-state index < -0.39 is 0 Å². The number of hydrogen-bond acceptors (Lipinski definition) is 2. The number of benzene rings is 1. The van der Waals surface area contributed by atoms with E-state index in [9.17, 15) is 4.79 Å². The van der Waals surface area contributed by atoms with E-state index in [0.717, 1.165) is 21.4 Å². The van der Waals surface area contributed by atoms with Crippen LogP contribution in [0.15, 0.2) is 45.8 Å². The number of rotatable bonds is 6. The van der Waals surface area contributed by atoms with Gasteiger partial charge in [-0.05, 0) is 41.4 Å². The van der Waals surface area contributed by atoms with Gasteiger partial charge in [0.2, 0.25) is 0 Å². The number of allylic oxidation sites excluding steroid dienone is 1. The van der Waals surface area contributed by atoms with Crippen LogP contribution < -0.4 is 0 Å². The predicted molar refractivity (Wildman–Crippen MR) is 73.9 cm³/mol. The first-order chi connectivity index (χ1) is 7.59. The van der Waals surface area contributed by atoms with Crippen molar-refractivity contribution in [2.45, 2.75) is 24.7 Å². The highest BCUT2D eigenvalue weighted by Gasteiger charge is 2.05. The summed E-state index contributed by atoms with van der Waals surface area (Å²) in [7, 11) is 0. The van der Waals surface area contributed by atoms with E-state index in [2.05, 4.69) is 22.5 Å². The molecule has 1 aromatic rings. The summed E-state index contributed by atoms with van der Waals surface area (Å²) in [4.78, 5) is 12.7. The van der Waals surface area contributed by atoms with E-state index in [4.69, 9.17) is 0 Å². The molecular formula is C13H15BrOS. The lowest BCUT2D eigenvalue weighted by Gasteiger charge is -2.03. The highest BCUT2D eigenvalue weighted by Crippen LogP contribution is 2.27. The molecule has 1 aromatic carbocycles. The summed E-state index contributed by atoms with van der Waals surface area (Å²) in [6, 6.07) is 7.95. The molecule has 0 aliphatic heterocycles. The molecule has 0 amide bonds. The molecule has 0 fully saturated rings. The Bertz CT molecular complexity index is 387. The normalized spacial score (nSPS) is 10.1. The van der Waals surface area contributed by atoms with Crippen molar-refractivity contribution in [1.82, 2.24) is 0 Å². The van der Waals surface area contributed by atoms with E-state index in [0.29, 0.717) is 12.2 Å². The molecule has 0 unspecified atom stereocenters. The first kappa shape index (κ1) is 13.5. The number of carbonyl (C=O) groups is 1. The summed E-state index contributed by atoms with van der Waals surface area (Å²) in [5.41, 5.74) is 1.07. The van der Waals surface area contributed by atoms with Crippen LogP contribution in [0.4, 0.5) is 0 Å². The van der Waals surface area contributed by atoms with Gasteiger partial charge in [0, 0.05) is 15.8 Å². The Morgan fingerprint density at radius 3 is 2.69 bits per heavy atom. The van der Waals surface area contributed by atoms with Crippen molar-refractivity contribution in [1.29, 1.82) is 0 Å². The van der Waals surface area contributed by atoms with Crippen LogP contribution in [0.2, 0.25) is 0 Å². The zero-order valence-corrected chi connectivity index (χ0v) is 11.7. The molecule has 0 spiro atoms. The molecule has 0 saturated heterocycles. The van der Waals surface area contributed by atoms with Crippen LogP contribution in [0, 0.1) is 0 Å². The number of ketones is 1. The predicted octanol–water partition coefficient (Wildman–Crippen LogP) is 4.47. The lowest BCUT2D eigenvalue weighted by atomic mass is 10.1. The fraction of sp³-hybridized carbons (Fsp3) is 0.308. The topological polar surface area (TPSA) is 17.1 Å². The van der Waals surface area contributed by atoms with E-state index in [-0.39, 0.29) is 5.78 Å². The fourth-order valence-electron chi connectivity index (χ4n) is 1.15. The molecule has 86 valence electrons. The summed E-state index contributed by atoms with van der Waals surface area (Å²) in [5.74, 6) is 0.819. The van der Waals surface area contributed by atoms with Gasteiger partial charge in [-0.15, -0.1) is 18.3 Å². The maximum Gasteiger partial charge on any atom is 0.143 e. The van der Waals surface area contributed by atoms with Crippen LogP contribution in [0.5, 0.6) is 0 Å². The largest absolute Gasteiger partial charge is 0.299 e. The third kappa shape index (κ3) is 4.99. The average Bonchev–Trinajstić information content (AvgIpc) is 2.25. The van der Waals surface area contributed by atoms with E-state index >= 15 is 0 Å². The molecule has 3 heteroatoms. The molecule has 1 rings (SSSR count). The smallest absolute Gasteiger partial charge is 0.143 e. The molecule has 0 saturated carbocycles. The number of carbonyl (C=O) groups excluding carboxylic acids is 1. The Morgan fingerprint density at radius 2 is 2.06 bits per heavy atom. The Labute approximate surface area is 109 Å². The number of hydrogen-bond donors (Lipinski definition) is 0. The van der Waals surface area contributed by atoms with Gasteiger partial charge in [0.15, 0.2) is 0 Å². The fourth-order valence-corrected chi connectivity index (χ4v) is 2.61. The molecule has 0 atom stereocenters. The van der Waals surface area contributed by atoms with Crippen molar-refractivity contribution in [3.05, 3.63) is 40.9 Å². The second-order valence-corrected chi connectivity index (χ2v) is 5.59. The van der Waals surface area contributed by atoms with Crippen molar-refractivity contribution >= 4 is 33.5 Å². The van der Waals surface area contributed by atoms with Crippen molar-refractivity contribution in [2.75, 3.05) is 5.75 Å². The maximum absolute atomic E-state index is 11.6. The Kier molecular flexibility index (Phi) is 5.85. The number of halogens is 1.